The molecule has 1 fully saturated rings. The molecule has 0 radical (unpaired) electrons. The first kappa shape index (κ1) is 14.0. The van der Waals surface area contributed by atoms with E-state index in [9.17, 15) is 9.18 Å². The second-order valence-electron chi connectivity index (χ2n) is 5.81. The minimum Gasteiger partial charge on any atom is -0.341 e. The summed E-state index contributed by atoms with van der Waals surface area (Å²) < 4.78 is 13.7. The molecule has 0 aliphatic carbocycles. The fraction of sp³-hybridized carbons (Fsp3) is 0.533. The smallest absolute Gasteiger partial charge is 0.242 e. The highest BCUT2D eigenvalue weighted by atomic mass is 19.1. The molecule has 0 spiro atoms. The van der Waals surface area contributed by atoms with Gasteiger partial charge < -0.3 is 10.6 Å². The molecule has 1 saturated heterocycles. The molecule has 0 unspecified atom stereocenters. The van der Waals surface area contributed by atoms with Crippen LogP contribution in [0.2, 0.25) is 0 Å². The van der Waals surface area contributed by atoms with Gasteiger partial charge in [-0.2, -0.15) is 0 Å². The predicted molar refractivity (Wildman–Crippen MR) is 73.2 cm³/mol. The molecule has 3 nitrogen and oxygen atoms in total. The van der Waals surface area contributed by atoms with Crippen LogP contribution in [-0.4, -0.2) is 29.4 Å². The molecule has 4 heteroatoms. The first-order valence-corrected chi connectivity index (χ1v) is 6.72. The number of hydrogen-bond donors (Lipinski definition) is 1. The van der Waals surface area contributed by atoms with Crippen molar-refractivity contribution in [3.8, 4) is 0 Å². The number of likely N-dealkylation sites (tertiary alicyclic amines) is 1. The first-order chi connectivity index (χ1) is 8.89. The molecule has 0 atom stereocenters. The van der Waals surface area contributed by atoms with E-state index in [0.717, 1.165) is 18.4 Å². The number of amides is 1. The number of piperidine rings is 1. The van der Waals surface area contributed by atoms with E-state index in [2.05, 4.69) is 0 Å². The van der Waals surface area contributed by atoms with Gasteiger partial charge in [0.1, 0.15) is 5.82 Å². The van der Waals surface area contributed by atoms with Crippen molar-refractivity contribution in [2.75, 3.05) is 13.1 Å². The zero-order chi connectivity index (χ0) is 14.0. The number of rotatable bonds is 2. The molecule has 0 aromatic heterocycles. The van der Waals surface area contributed by atoms with Crippen molar-refractivity contribution in [3.63, 3.8) is 0 Å². The van der Waals surface area contributed by atoms with Gasteiger partial charge in [0.2, 0.25) is 5.91 Å². The molecule has 0 bridgehead atoms. The zero-order valence-electron chi connectivity index (χ0n) is 11.5. The van der Waals surface area contributed by atoms with Crippen LogP contribution in [0.15, 0.2) is 24.3 Å². The molecule has 1 heterocycles. The van der Waals surface area contributed by atoms with Gasteiger partial charge in [0, 0.05) is 13.1 Å². The summed E-state index contributed by atoms with van der Waals surface area (Å²) in [5.41, 5.74) is 5.77. The van der Waals surface area contributed by atoms with Crippen molar-refractivity contribution in [1.82, 2.24) is 4.90 Å². The Hall–Kier alpha value is -1.42. The molecule has 1 aromatic carbocycles. The molecule has 1 aliphatic rings. The number of nitrogens with zero attached hydrogens (tertiary/aromatic N) is 1. The Balaban J connectivity index is 2.00. The van der Waals surface area contributed by atoms with Crippen molar-refractivity contribution in [2.24, 2.45) is 5.73 Å². The van der Waals surface area contributed by atoms with Crippen LogP contribution in [0, 0.1) is 5.82 Å². The third-order valence-electron chi connectivity index (χ3n) is 3.68. The van der Waals surface area contributed by atoms with Gasteiger partial charge >= 0.3 is 0 Å². The number of nitrogens with two attached hydrogens (primary N) is 1. The maximum absolute atomic E-state index is 13.7. The summed E-state index contributed by atoms with van der Waals surface area (Å²) in [4.78, 5) is 13.8. The Morgan fingerprint density at radius 2 is 1.89 bits per heavy atom. The molecule has 2 rings (SSSR count). The van der Waals surface area contributed by atoms with E-state index in [1.54, 1.807) is 24.8 Å². The lowest BCUT2D eigenvalue weighted by molar-refractivity contribution is -0.136. The number of halogens is 1. The molecule has 1 amide bonds. The van der Waals surface area contributed by atoms with Crippen molar-refractivity contribution < 1.29 is 9.18 Å². The Labute approximate surface area is 113 Å². The molecule has 2 N–H and O–H groups in total. The second kappa shape index (κ2) is 5.29. The minimum atomic E-state index is -0.829. The second-order valence-corrected chi connectivity index (χ2v) is 5.81. The molecule has 0 saturated carbocycles. The Morgan fingerprint density at radius 3 is 2.42 bits per heavy atom. The van der Waals surface area contributed by atoms with Crippen LogP contribution < -0.4 is 5.73 Å². The maximum Gasteiger partial charge on any atom is 0.242 e. The van der Waals surface area contributed by atoms with Crippen LogP contribution in [0.4, 0.5) is 4.39 Å². The van der Waals surface area contributed by atoms with Crippen LogP contribution in [-0.2, 0) is 4.79 Å². The average Bonchev–Trinajstić information content (AvgIpc) is 2.38. The molecule has 1 aromatic rings. The molecular formula is C15H21FN2O. The summed E-state index contributed by atoms with van der Waals surface area (Å²) in [5, 5.41) is 0. The van der Waals surface area contributed by atoms with E-state index in [1.165, 1.54) is 6.07 Å². The van der Waals surface area contributed by atoms with Crippen LogP contribution in [0.3, 0.4) is 0 Å². The third-order valence-corrected chi connectivity index (χ3v) is 3.68. The fourth-order valence-corrected chi connectivity index (χ4v) is 2.61. The highest BCUT2D eigenvalue weighted by Gasteiger charge is 2.31. The van der Waals surface area contributed by atoms with Gasteiger partial charge in [-0.1, -0.05) is 18.2 Å². The van der Waals surface area contributed by atoms with Crippen LogP contribution >= 0.6 is 0 Å². The van der Waals surface area contributed by atoms with Crippen LogP contribution in [0.5, 0.6) is 0 Å². The monoisotopic (exact) mass is 264 g/mol. The Kier molecular flexibility index (Phi) is 3.90. The Bertz CT molecular complexity index is 459. The minimum absolute atomic E-state index is 0.0283. The summed E-state index contributed by atoms with van der Waals surface area (Å²) in [7, 11) is 0. The van der Waals surface area contributed by atoms with E-state index in [-0.39, 0.29) is 17.6 Å². The summed E-state index contributed by atoms with van der Waals surface area (Å²) in [6.45, 7) is 4.74. The lowest BCUT2D eigenvalue weighted by atomic mass is 9.88. The van der Waals surface area contributed by atoms with Gasteiger partial charge in [-0.3, -0.25) is 4.79 Å². The molecule has 104 valence electrons. The predicted octanol–water partition coefficient (Wildman–Crippen LogP) is 2.27. The topological polar surface area (TPSA) is 46.3 Å². The standard InChI is InChI=1S/C15H21FN2O/c1-15(2,17)14(19)18-9-7-11(8-10-18)12-5-3-4-6-13(12)16/h3-6,11H,7-10,17H2,1-2H3. The lowest BCUT2D eigenvalue weighted by Gasteiger charge is -2.35. The first-order valence-electron chi connectivity index (χ1n) is 6.72. The fourth-order valence-electron chi connectivity index (χ4n) is 2.61. The van der Waals surface area contributed by atoms with Crippen LogP contribution in [0.25, 0.3) is 0 Å². The molecule has 1 aliphatic heterocycles. The van der Waals surface area contributed by atoms with Gasteiger partial charge in [-0.15, -0.1) is 0 Å². The highest BCUT2D eigenvalue weighted by Crippen LogP contribution is 2.30. The van der Waals surface area contributed by atoms with Gasteiger partial charge in [0.15, 0.2) is 0 Å². The van der Waals surface area contributed by atoms with Crippen molar-refractivity contribution in [3.05, 3.63) is 35.6 Å². The van der Waals surface area contributed by atoms with E-state index in [4.69, 9.17) is 5.73 Å². The highest BCUT2D eigenvalue weighted by molar-refractivity contribution is 5.85. The van der Waals surface area contributed by atoms with Gasteiger partial charge in [-0.25, -0.2) is 4.39 Å². The van der Waals surface area contributed by atoms with Gasteiger partial charge in [0.05, 0.1) is 5.54 Å². The summed E-state index contributed by atoms with van der Waals surface area (Å²) >= 11 is 0. The van der Waals surface area contributed by atoms with Crippen LogP contribution in [0.1, 0.15) is 38.2 Å². The SMILES string of the molecule is CC(C)(N)C(=O)N1CCC(c2ccccc2F)CC1. The van der Waals surface area contributed by atoms with E-state index < -0.39 is 5.54 Å². The number of carbonyl (C=O) groups excluding carboxylic acids is 1. The number of benzene rings is 1. The maximum atomic E-state index is 13.7. The third kappa shape index (κ3) is 3.13. The number of carbonyl (C=O) groups is 1. The average molecular weight is 264 g/mol. The van der Waals surface area contributed by atoms with E-state index >= 15 is 0 Å². The van der Waals surface area contributed by atoms with E-state index in [1.807, 2.05) is 12.1 Å². The van der Waals surface area contributed by atoms with Crippen molar-refractivity contribution in [2.45, 2.75) is 38.1 Å². The van der Waals surface area contributed by atoms with Crippen molar-refractivity contribution in [1.29, 1.82) is 0 Å². The largest absolute Gasteiger partial charge is 0.341 e. The van der Waals surface area contributed by atoms with Gasteiger partial charge in [0.25, 0.3) is 0 Å². The summed E-state index contributed by atoms with van der Waals surface area (Å²) in [6.07, 6.45) is 1.59. The summed E-state index contributed by atoms with van der Waals surface area (Å²) in [5.74, 6) is 0.0250. The van der Waals surface area contributed by atoms with Gasteiger partial charge in [-0.05, 0) is 44.2 Å². The molecule has 19 heavy (non-hydrogen) atoms. The van der Waals surface area contributed by atoms with E-state index in [0.29, 0.717) is 13.1 Å². The normalized spacial score (nSPS) is 17.6. The molecular weight excluding hydrogens is 243 g/mol. The number of hydrogen-bond acceptors (Lipinski definition) is 2. The Morgan fingerprint density at radius 1 is 1.32 bits per heavy atom. The lowest BCUT2D eigenvalue weighted by Crippen LogP contribution is -2.53. The zero-order valence-corrected chi connectivity index (χ0v) is 11.5. The van der Waals surface area contributed by atoms with Crippen molar-refractivity contribution >= 4 is 5.91 Å². The quantitative estimate of drug-likeness (QED) is 0.890. The summed E-state index contributed by atoms with van der Waals surface area (Å²) in [6, 6.07) is 6.90.